The average Bonchev–Trinajstić information content (AvgIpc) is 2.80. The highest BCUT2D eigenvalue weighted by Crippen LogP contribution is 2.28. The smallest absolute Gasteiger partial charge is 0.134 e. The van der Waals surface area contributed by atoms with Crippen molar-refractivity contribution >= 4 is 10.8 Å². The van der Waals surface area contributed by atoms with Crippen LogP contribution in [0.25, 0.3) is 21.9 Å². The fourth-order valence-electron chi connectivity index (χ4n) is 4.08. The van der Waals surface area contributed by atoms with Crippen molar-refractivity contribution in [2.75, 3.05) is 0 Å². The highest BCUT2D eigenvalue weighted by Gasteiger charge is 2.09. The fourth-order valence-corrected chi connectivity index (χ4v) is 4.08. The molecule has 0 amide bonds. The molecule has 0 aliphatic heterocycles. The van der Waals surface area contributed by atoms with Gasteiger partial charge < -0.3 is 0 Å². The molecule has 0 unspecified atom stereocenters. The molecule has 0 radical (unpaired) electrons. The maximum atomic E-state index is 15.1. The van der Waals surface area contributed by atoms with E-state index in [0.29, 0.717) is 23.8 Å². The molecule has 0 heterocycles. The van der Waals surface area contributed by atoms with Gasteiger partial charge in [-0.05, 0) is 77.1 Å². The summed E-state index contributed by atoms with van der Waals surface area (Å²) in [5, 5.41) is 1.56. The molecule has 4 aromatic carbocycles. The van der Waals surface area contributed by atoms with Gasteiger partial charge in [0.15, 0.2) is 0 Å². The first kappa shape index (κ1) is 21.2. The van der Waals surface area contributed by atoms with E-state index < -0.39 is 0 Å². The predicted molar refractivity (Wildman–Crippen MR) is 126 cm³/mol. The van der Waals surface area contributed by atoms with Gasteiger partial charge in [-0.15, -0.1) is 0 Å². The molecule has 4 rings (SSSR count). The molecule has 0 aliphatic carbocycles. The van der Waals surface area contributed by atoms with Gasteiger partial charge in [0, 0.05) is 5.39 Å². The van der Waals surface area contributed by atoms with Crippen LogP contribution in [0.3, 0.4) is 0 Å². The quantitative estimate of drug-likeness (QED) is 0.254. The monoisotopic (exact) mass is 414 g/mol. The van der Waals surface area contributed by atoms with Gasteiger partial charge in [-0.2, -0.15) is 0 Å². The summed E-state index contributed by atoms with van der Waals surface area (Å²) >= 11 is 0. The van der Waals surface area contributed by atoms with E-state index in [0.717, 1.165) is 28.5 Å². The minimum Gasteiger partial charge on any atom is -0.207 e. The molecule has 31 heavy (non-hydrogen) atoms. The molecule has 0 nitrogen and oxygen atoms in total. The lowest BCUT2D eigenvalue weighted by Crippen LogP contribution is -1.96. The lowest BCUT2D eigenvalue weighted by atomic mass is 9.96. The van der Waals surface area contributed by atoms with Crippen molar-refractivity contribution in [2.24, 2.45) is 0 Å². The molecule has 0 saturated carbocycles. The second kappa shape index (κ2) is 9.87. The van der Waals surface area contributed by atoms with E-state index in [-0.39, 0.29) is 11.6 Å². The zero-order valence-electron chi connectivity index (χ0n) is 18.0. The van der Waals surface area contributed by atoms with Crippen molar-refractivity contribution in [3.8, 4) is 11.1 Å². The molecule has 0 fully saturated rings. The molecule has 0 spiro atoms. The van der Waals surface area contributed by atoms with Crippen LogP contribution in [-0.4, -0.2) is 0 Å². The van der Waals surface area contributed by atoms with Crippen molar-refractivity contribution in [3.05, 3.63) is 107 Å². The van der Waals surface area contributed by atoms with Crippen molar-refractivity contribution in [2.45, 2.75) is 45.4 Å². The van der Waals surface area contributed by atoms with Gasteiger partial charge in [-0.3, -0.25) is 0 Å². The van der Waals surface area contributed by atoms with Gasteiger partial charge in [0.2, 0.25) is 0 Å². The van der Waals surface area contributed by atoms with E-state index >= 15 is 4.39 Å². The van der Waals surface area contributed by atoms with Crippen molar-refractivity contribution in [3.63, 3.8) is 0 Å². The molecule has 0 saturated heterocycles. The van der Waals surface area contributed by atoms with Gasteiger partial charge in [0.1, 0.15) is 11.6 Å². The van der Waals surface area contributed by atoms with Gasteiger partial charge >= 0.3 is 0 Å². The second-order valence-corrected chi connectivity index (χ2v) is 8.26. The Morgan fingerprint density at radius 3 is 2.03 bits per heavy atom. The van der Waals surface area contributed by atoms with E-state index in [9.17, 15) is 4.39 Å². The lowest BCUT2D eigenvalue weighted by molar-refractivity contribution is 0.619. The molecule has 0 aliphatic rings. The number of hydrogen-bond donors (Lipinski definition) is 0. The topological polar surface area (TPSA) is 0 Å². The highest BCUT2D eigenvalue weighted by atomic mass is 19.1. The number of hydrogen-bond acceptors (Lipinski definition) is 0. The largest absolute Gasteiger partial charge is 0.207 e. The summed E-state index contributed by atoms with van der Waals surface area (Å²) in [5.41, 5.74) is 5.33. The van der Waals surface area contributed by atoms with Crippen molar-refractivity contribution < 1.29 is 8.78 Å². The third-order valence-electron chi connectivity index (χ3n) is 5.99. The van der Waals surface area contributed by atoms with Crippen molar-refractivity contribution in [1.29, 1.82) is 0 Å². The van der Waals surface area contributed by atoms with Crippen LogP contribution in [0.5, 0.6) is 0 Å². The van der Waals surface area contributed by atoms with E-state index in [1.165, 1.54) is 37.0 Å². The Hall–Kier alpha value is -3.00. The van der Waals surface area contributed by atoms with Gasteiger partial charge in [-0.25, -0.2) is 8.78 Å². The van der Waals surface area contributed by atoms with E-state index in [2.05, 4.69) is 37.3 Å². The van der Waals surface area contributed by atoms with Crippen LogP contribution in [0.4, 0.5) is 8.78 Å². The molecule has 4 aromatic rings. The molecule has 0 aromatic heterocycles. The number of unbranched alkanes of at least 4 members (excludes halogenated alkanes) is 2. The van der Waals surface area contributed by atoms with Crippen LogP contribution in [0.2, 0.25) is 0 Å². The molecule has 0 bridgehead atoms. The predicted octanol–water partition coefficient (Wildman–Crippen LogP) is 8.30. The molecule has 158 valence electrons. The summed E-state index contributed by atoms with van der Waals surface area (Å²) in [6, 6.07) is 25.0. The number of aryl methyl sites for hydroxylation is 3. The van der Waals surface area contributed by atoms with E-state index in [1.54, 1.807) is 12.1 Å². The van der Waals surface area contributed by atoms with Crippen LogP contribution >= 0.6 is 0 Å². The lowest BCUT2D eigenvalue weighted by Gasteiger charge is -2.10. The van der Waals surface area contributed by atoms with Crippen LogP contribution in [-0.2, 0) is 19.3 Å². The summed E-state index contributed by atoms with van der Waals surface area (Å²) < 4.78 is 28.2. The summed E-state index contributed by atoms with van der Waals surface area (Å²) in [6.45, 7) is 2.22. The third-order valence-corrected chi connectivity index (χ3v) is 5.99. The zero-order valence-corrected chi connectivity index (χ0v) is 18.0. The Bertz CT molecular complexity index is 1140. The van der Waals surface area contributed by atoms with E-state index in [1.807, 2.05) is 24.3 Å². The number of halogens is 2. The normalized spacial score (nSPS) is 11.2. The Morgan fingerprint density at radius 1 is 0.613 bits per heavy atom. The summed E-state index contributed by atoms with van der Waals surface area (Å²) in [4.78, 5) is 0. The standard InChI is InChI=1S/C29H28F2/c1-2-3-4-5-21-6-11-23(12-7-21)25-16-19-28-26(20-25)15-14-24(29(28)31)13-8-22-9-17-27(30)18-10-22/h6-7,9-12,14-20H,2-5,8,13H2,1H3. The maximum absolute atomic E-state index is 15.1. The maximum Gasteiger partial charge on any atom is 0.134 e. The first-order valence-corrected chi connectivity index (χ1v) is 11.2. The molecular weight excluding hydrogens is 386 g/mol. The van der Waals surface area contributed by atoms with Gasteiger partial charge in [0.25, 0.3) is 0 Å². The van der Waals surface area contributed by atoms with Crippen LogP contribution < -0.4 is 0 Å². The van der Waals surface area contributed by atoms with Crippen LogP contribution in [0, 0.1) is 11.6 Å². The first-order valence-electron chi connectivity index (χ1n) is 11.2. The Kier molecular flexibility index (Phi) is 6.76. The molecule has 0 atom stereocenters. The molecule has 2 heteroatoms. The number of rotatable bonds is 8. The van der Waals surface area contributed by atoms with Crippen LogP contribution in [0.1, 0.15) is 42.9 Å². The Labute approximate surface area is 183 Å². The van der Waals surface area contributed by atoms with Crippen LogP contribution in [0.15, 0.2) is 78.9 Å². The summed E-state index contributed by atoms with van der Waals surface area (Å²) in [5.74, 6) is -0.403. The third kappa shape index (κ3) is 5.19. The minimum absolute atomic E-state index is 0.155. The summed E-state index contributed by atoms with van der Waals surface area (Å²) in [6.07, 6.45) is 6.13. The number of benzene rings is 4. The van der Waals surface area contributed by atoms with Gasteiger partial charge in [-0.1, -0.05) is 80.4 Å². The SMILES string of the molecule is CCCCCc1ccc(-c2ccc3c(F)c(CCc4ccc(F)cc4)ccc3c2)cc1. The fraction of sp³-hybridized carbons (Fsp3) is 0.241. The van der Waals surface area contributed by atoms with E-state index in [4.69, 9.17) is 0 Å². The average molecular weight is 415 g/mol. The highest BCUT2D eigenvalue weighted by molar-refractivity contribution is 5.88. The zero-order chi connectivity index (χ0) is 21.6. The Balaban J connectivity index is 1.50. The van der Waals surface area contributed by atoms with Gasteiger partial charge in [0.05, 0.1) is 0 Å². The second-order valence-electron chi connectivity index (χ2n) is 8.26. The first-order chi connectivity index (χ1) is 15.1. The Morgan fingerprint density at radius 2 is 1.29 bits per heavy atom. The molecule has 0 N–H and O–H groups in total. The molecular formula is C29H28F2. The number of fused-ring (bicyclic) bond motifs is 1. The van der Waals surface area contributed by atoms with Crippen molar-refractivity contribution in [1.82, 2.24) is 0 Å². The minimum atomic E-state index is -0.248. The summed E-state index contributed by atoms with van der Waals surface area (Å²) in [7, 11) is 0.